The van der Waals surface area contributed by atoms with Crippen molar-refractivity contribution in [2.45, 2.75) is 6.54 Å². The highest BCUT2D eigenvalue weighted by atomic mass is 19.1. The van der Waals surface area contributed by atoms with E-state index in [-0.39, 0.29) is 11.8 Å². The number of nitrogens with zero attached hydrogens (tertiary/aromatic N) is 6. The molecule has 0 spiro atoms. The molecular weight excluding hydrogens is 361 g/mol. The summed E-state index contributed by atoms with van der Waals surface area (Å²) in [5.74, 6) is 0.391. The molecule has 1 saturated heterocycles. The monoisotopic (exact) mass is 381 g/mol. The molecule has 1 aliphatic heterocycles. The number of anilines is 1. The summed E-state index contributed by atoms with van der Waals surface area (Å²) in [7, 11) is 0. The number of nitrogens with one attached hydrogen (secondary N) is 1. The van der Waals surface area contributed by atoms with Crippen molar-refractivity contribution in [3.8, 4) is 5.82 Å². The fraction of sp³-hybridized carbons (Fsp3) is 0.263. The number of carbonyl (C=O) groups excluding carboxylic acids is 1. The van der Waals surface area contributed by atoms with Gasteiger partial charge in [-0.05, 0) is 18.2 Å². The van der Waals surface area contributed by atoms with Gasteiger partial charge >= 0.3 is 6.03 Å². The lowest BCUT2D eigenvalue weighted by molar-refractivity contribution is 0.194. The molecule has 2 amide bonds. The number of urea groups is 1. The Kier molecular flexibility index (Phi) is 5.14. The molecule has 1 fully saturated rings. The third-order valence-electron chi connectivity index (χ3n) is 4.69. The molecule has 8 nitrogen and oxygen atoms in total. The third-order valence-corrected chi connectivity index (χ3v) is 4.69. The Hall–Kier alpha value is -3.49. The maximum atomic E-state index is 13.9. The molecule has 9 heteroatoms. The van der Waals surface area contributed by atoms with Gasteiger partial charge in [-0.15, -0.1) is 0 Å². The molecule has 3 heterocycles. The molecule has 4 rings (SSSR count). The van der Waals surface area contributed by atoms with Crippen molar-refractivity contribution in [3.63, 3.8) is 0 Å². The average molecular weight is 381 g/mol. The highest BCUT2D eigenvalue weighted by molar-refractivity contribution is 5.74. The number of hydrogen-bond acceptors (Lipinski definition) is 5. The SMILES string of the molecule is O=C(NCc1cccnc1-n1cncn1)N1CCN(c2ccccc2F)CC1. The van der Waals surface area contributed by atoms with Gasteiger partial charge in [0.2, 0.25) is 0 Å². The quantitative estimate of drug-likeness (QED) is 0.746. The van der Waals surface area contributed by atoms with Crippen LogP contribution in [0.4, 0.5) is 14.9 Å². The van der Waals surface area contributed by atoms with E-state index in [1.54, 1.807) is 34.2 Å². The van der Waals surface area contributed by atoms with Gasteiger partial charge in [-0.1, -0.05) is 18.2 Å². The number of amides is 2. The summed E-state index contributed by atoms with van der Waals surface area (Å²) in [6.45, 7) is 2.57. The maximum Gasteiger partial charge on any atom is 0.317 e. The van der Waals surface area contributed by atoms with Crippen LogP contribution in [0.5, 0.6) is 0 Å². The van der Waals surface area contributed by atoms with Gasteiger partial charge in [0.25, 0.3) is 0 Å². The molecule has 3 aromatic rings. The Bertz CT molecular complexity index is 939. The van der Waals surface area contributed by atoms with Gasteiger partial charge in [-0.3, -0.25) is 0 Å². The number of halogens is 1. The number of aromatic nitrogens is 4. The summed E-state index contributed by atoms with van der Waals surface area (Å²) in [6.07, 6.45) is 4.67. The first-order chi connectivity index (χ1) is 13.7. The van der Waals surface area contributed by atoms with Crippen molar-refractivity contribution in [3.05, 3.63) is 66.6 Å². The van der Waals surface area contributed by atoms with Crippen molar-refractivity contribution >= 4 is 11.7 Å². The fourth-order valence-electron chi connectivity index (χ4n) is 3.23. The van der Waals surface area contributed by atoms with Crippen LogP contribution in [0.25, 0.3) is 5.82 Å². The van der Waals surface area contributed by atoms with Crippen LogP contribution in [0.15, 0.2) is 55.2 Å². The van der Waals surface area contributed by atoms with Gasteiger partial charge in [-0.25, -0.2) is 23.8 Å². The van der Waals surface area contributed by atoms with E-state index in [4.69, 9.17) is 0 Å². The van der Waals surface area contributed by atoms with Gasteiger partial charge in [0.15, 0.2) is 5.82 Å². The minimum absolute atomic E-state index is 0.151. The van der Waals surface area contributed by atoms with Gasteiger partial charge in [0.1, 0.15) is 18.5 Å². The zero-order valence-corrected chi connectivity index (χ0v) is 15.2. The summed E-state index contributed by atoms with van der Waals surface area (Å²) < 4.78 is 15.5. The Balaban J connectivity index is 1.34. The number of pyridine rings is 1. The molecule has 0 bridgehead atoms. The standard InChI is InChI=1S/C19H20FN7O/c20-16-5-1-2-6-17(16)25-8-10-26(11-9-25)19(28)23-12-15-4-3-7-22-18(15)27-14-21-13-24-27/h1-7,13-14H,8-12H2,(H,23,28). The fourth-order valence-corrected chi connectivity index (χ4v) is 3.23. The molecule has 0 aliphatic carbocycles. The van der Waals surface area contributed by atoms with Gasteiger partial charge in [0, 0.05) is 44.5 Å². The third kappa shape index (κ3) is 3.78. The topological polar surface area (TPSA) is 79.2 Å². The van der Waals surface area contributed by atoms with Gasteiger partial charge < -0.3 is 15.1 Å². The second kappa shape index (κ2) is 8.03. The molecule has 0 saturated carbocycles. The van der Waals surface area contributed by atoms with Crippen LogP contribution in [-0.2, 0) is 6.54 Å². The van der Waals surface area contributed by atoms with Crippen LogP contribution in [0, 0.1) is 5.82 Å². The predicted molar refractivity (Wildman–Crippen MR) is 102 cm³/mol. The van der Waals surface area contributed by atoms with E-state index in [0.29, 0.717) is 44.2 Å². The largest absolute Gasteiger partial charge is 0.366 e. The van der Waals surface area contributed by atoms with E-state index in [0.717, 1.165) is 5.56 Å². The lowest BCUT2D eigenvalue weighted by Crippen LogP contribution is -2.51. The van der Waals surface area contributed by atoms with E-state index < -0.39 is 0 Å². The first-order valence-corrected chi connectivity index (χ1v) is 9.03. The second-order valence-electron chi connectivity index (χ2n) is 6.41. The lowest BCUT2D eigenvalue weighted by Gasteiger charge is -2.36. The van der Waals surface area contributed by atoms with Gasteiger partial charge in [0.05, 0.1) is 5.69 Å². The average Bonchev–Trinajstić information content (AvgIpc) is 3.27. The summed E-state index contributed by atoms with van der Waals surface area (Å²) in [6, 6.07) is 10.3. The van der Waals surface area contributed by atoms with E-state index in [1.807, 2.05) is 23.1 Å². The van der Waals surface area contributed by atoms with E-state index in [1.165, 1.54) is 12.4 Å². The molecule has 1 aromatic carbocycles. The van der Waals surface area contributed by atoms with Crippen LogP contribution in [0.3, 0.4) is 0 Å². The van der Waals surface area contributed by atoms with Crippen LogP contribution in [-0.4, -0.2) is 56.9 Å². The Morgan fingerprint density at radius 3 is 2.68 bits per heavy atom. The second-order valence-corrected chi connectivity index (χ2v) is 6.41. The number of carbonyl (C=O) groups is 1. The zero-order valence-electron chi connectivity index (χ0n) is 15.2. The number of para-hydroxylation sites is 1. The Labute approximate surface area is 161 Å². The lowest BCUT2D eigenvalue weighted by atomic mass is 10.2. The summed E-state index contributed by atoms with van der Waals surface area (Å²) in [5, 5.41) is 7.02. The van der Waals surface area contributed by atoms with Crippen LogP contribution < -0.4 is 10.2 Å². The zero-order chi connectivity index (χ0) is 19.3. The van der Waals surface area contributed by atoms with Crippen LogP contribution in [0.1, 0.15) is 5.56 Å². The van der Waals surface area contributed by atoms with Crippen LogP contribution >= 0.6 is 0 Å². The summed E-state index contributed by atoms with van der Waals surface area (Å²) in [5.41, 5.74) is 1.42. The van der Waals surface area contributed by atoms with Crippen LogP contribution in [0.2, 0.25) is 0 Å². The summed E-state index contributed by atoms with van der Waals surface area (Å²) >= 11 is 0. The van der Waals surface area contributed by atoms with Crippen molar-refractivity contribution in [2.24, 2.45) is 0 Å². The molecule has 28 heavy (non-hydrogen) atoms. The number of benzene rings is 1. The molecule has 1 N–H and O–H groups in total. The number of hydrogen-bond donors (Lipinski definition) is 1. The van der Waals surface area contributed by atoms with E-state index in [9.17, 15) is 9.18 Å². The molecule has 0 atom stereocenters. The molecule has 0 radical (unpaired) electrons. The van der Waals surface area contributed by atoms with E-state index in [2.05, 4.69) is 20.4 Å². The Morgan fingerprint density at radius 1 is 1.11 bits per heavy atom. The maximum absolute atomic E-state index is 13.9. The number of piperazine rings is 1. The number of rotatable bonds is 4. The minimum Gasteiger partial charge on any atom is -0.366 e. The highest BCUT2D eigenvalue weighted by Crippen LogP contribution is 2.20. The molecule has 1 aliphatic rings. The van der Waals surface area contributed by atoms with Crippen molar-refractivity contribution in [1.82, 2.24) is 30.0 Å². The Morgan fingerprint density at radius 2 is 1.93 bits per heavy atom. The highest BCUT2D eigenvalue weighted by Gasteiger charge is 2.22. The normalized spacial score (nSPS) is 14.2. The first-order valence-electron chi connectivity index (χ1n) is 9.03. The van der Waals surface area contributed by atoms with Crippen molar-refractivity contribution in [1.29, 1.82) is 0 Å². The van der Waals surface area contributed by atoms with Crippen molar-refractivity contribution < 1.29 is 9.18 Å². The molecule has 0 unspecified atom stereocenters. The van der Waals surface area contributed by atoms with E-state index >= 15 is 0 Å². The molecule has 144 valence electrons. The van der Waals surface area contributed by atoms with Crippen molar-refractivity contribution in [2.75, 3.05) is 31.1 Å². The molecule has 2 aromatic heterocycles. The minimum atomic E-state index is -0.238. The summed E-state index contributed by atoms with van der Waals surface area (Å²) in [4.78, 5) is 24.5. The van der Waals surface area contributed by atoms with Gasteiger partial charge in [-0.2, -0.15) is 5.10 Å². The smallest absolute Gasteiger partial charge is 0.317 e. The molecular formula is C19H20FN7O. The first kappa shape index (κ1) is 17.9. The predicted octanol–water partition coefficient (Wildman–Crippen LogP) is 1.83.